The van der Waals surface area contributed by atoms with Crippen LogP contribution in [0.1, 0.15) is 30.1 Å². The Bertz CT molecular complexity index is 594. The van der Waals surface area contributed by atoms with Gasteiger partial charge in [-0.2, -0.15) is 0 Å². The number of nitrogens with zero attached hydrogens (tertiary/aromatic N) is 1. The molecule has 1 amide bonds. The lowest BCUT2D eigenvalue weighted by atomic mass is 9.97. The van der Waals surface area contributed by atoms with Gasteiger partial charge in [0.05, 0.1) is 18.1 Å². The van der Waals surface area contributed by atoms with Gasteiger partial charge in [-0.25, -0.2) is 4.79 Å². The molecule has 1 saturated heterocycles. The number of benzene rings is 1. The van der Waals surface area contributed by atoms with Crippen LogP contribution >= 0.6 is 15.9 Å². The minimum absolute atomic E-state index is 0.153. The first-order chi connectivity index (χ1) is 11.5. The maximum Gasteiger partial charge on any atom is 0.338 e. The Hall–Kier alpha value is -1.89. The minimum Gasteiger partial charge on any atom is -0.466 e. The second kappa shape index (κ2) is 8.82. The summed E-state index contributed by atoms with van der Waals surface area (Å²) in [5, 5.41) is 0. The molecule has 2 rings (SSSR count). The summed E-state index contributed by atoms with van der Waals surface area (Å²) in [5.41, 5.74) is 0.395. The predicted octanol–water partition coefficient (Wildman–Crippen LogP) is 2.41. The topological polar surface area (TPSA) is 72.9 Å². The van der Waals surface area contributed by atoms with E-state index in [9.17, 15) is 14.4 Å². The minimum atomic E-state index is -0.530. The summed E-state index contributed by atoms with van der Waals surface area (Å²) in [6, 6.07) is 6.72. The van der Waals surface area contributed by atoms with Crippen molar-refractivity contribution in [2.75, 3.05) is 26.3 Å². The van der Waals surface area contributed by atoms with Crippen LogP contribution in [-0.2, 0) is 19.1 Å². The van der Waals surface area contributed by atoms with Crippen LogP contribution < -0.4 is 0 Å². The maximum atomic E-state index is 12.1. The molecule has 1 aliphatic rings. The van der Waals surface area contributed by atoms with E-state index in [2.05, 4.69) is 15.9 Å². The van der Waals surface area contributed by atoms with Crippen molar-refractivity contribution in [3.63, 3.8) is 0 Å². The molecule has 0 radical (unpaired) electrons. The molecule has 0 aromatic heterocycles. The third-order valence-electron chi connectivity index (χ3n) is 3.87. The summed E-state index contributed by atoms with van der Waals surface area (Å²) in [4.78, 5) is 37.3. The summed E-state index contributed by atoms with van der Waals surface area (Å²) < 4.78 is 10.9. The van der Waals surface area contributed by atoms with E-state index >= 15 is 0 Å². The van der Waals surface area contributed by atoms with Crippen molar-refractivity contribution in [3.8, 4) is 0 Å². The zero-order valence-corrected chi connectivity index (χ0v) is 15.1. The Morgan fingerprint density at radius 2 is 1.75 bits per heavy atom. The number of likely N-dealkylation sites (tertiary alicyclic amines) is 1. The summed E-state index contributed by atoms with van der Waals surface area (Å²) in [7, 11) is 0. The standard InChI is InChI=1S/C17H20BrNO5/c1-2-23-16(21)13-7-9-19(10-8-13)15(20)11-24-17(22)12-3-5-14(18)6-4-12/h3-6,13H,2,7-11H2,1H3. The number of carbonyl (C=O) groups excluding carboxylic acids is 3. The van der Waals surface area contributed by atoms with Gasteiger partial charge in [0.2, 0.25) is 0 Å². The molecule has 7 heteroatoms. The Morgan fingerprint density at radius 1 is 1.12 bits per heavy atom. The average Bonchev–Trinajstić information content (AvgIpc) is 2.60. The van der Waals surface area contributed by atoms with Gasteiger partial charge >= 0.3 is 11.9 Å². The van der Waals surface area contributed by atoms with Crippen LogP contribution in [0.4, 0.5) is 0 Å². The Kier molecular flexibility index (Phi) is 6.78. The van der Waals surface area contributed by atoms with Gasteiger partial charge in [0, 0.05) is 17.6 Å². The lowest BCUT2D eigenvalue weighted by Gasteiger charge is -2.30. The van der Waals surface area contributed by atoms with E-state index < -0.39 is 5.97 Å². The number of halogens is 1. The highest BCUT2D eigenvalue weighted by molar-refractivity contribution is 9.10. The predicted molar refractivity (Wildman–Crippen MR) is 90.4 cm³/mol. The second-order valence-electron chi connectivity index (χ2n) is 5.49. The number of hydrogen-bond donors (Lipinski definition) is 0. The molecule has 0 aliphatic carbocycles. The van der Waals surface area contributed by atoms with Gasteiger partial charge in [0.25, 0.3) is 5.91 Å². The van der Waals surface area contributed by atoms with E-state index in [-0.39, 0.29) is 24.4 Å². The fourth-order valence-electron chi connectivity index (χ4n) is 2.51. The molecule has 0 bridgehead atoms. The highest BCUT2D eigenvalue weighted by atomic mass is 79.9. The second-order valence-corrected chi connectivity index (χ2v) is 6.41. The molecule has 1 aromatic rings. The maximum absolute atomic E-state index is 12.1. The molecule has 24 heavy (non-hydrogen) atoms. The molecule has 0 atom stereocenters. The first-order valence-corrected chi connectivity index (χ1v) is 8.67. The van der Waals surface area contributed by atoms with Crippen molar-refractivity contribution >= 4 is 33.8 Å². The van der Waals surface area contributed by atoms with Crippen molar-refractivity contribution in [2.45, 2.75) is 19.8 Å². The number of rotatable bonds is 5. The van der Waals surface area contributed by atoms with Crippen LogP contribution in [0.15, 0.2) is 28.7 Å². The van der Waals surface area contributed by atoms with Crippen molar-refractivity contribution in [1.82, 2.24) is 4.90 Å². The highest BCUT2D eigenvalue weighted by Gasteiger charge is 2.28. The lowest BCUT2D eigenvalue weighted by Crippen LogP contribution is -2.42. The number of esters is 2. The van der Waals surface area contributed by atoms with Crippen LogP contribution in [0.5, 0.6) is 0 Å². The van der Waals surface area contributed by atoms with Crippen LogP contribution in [-0.4, -0.2) is 49.0 Å². The molecule has 1 fully saturated rings. The summed E-state index contributed by atoms with van der Waals surface area (Å²) in [6.45, 7) is 2.79. The van der Waals surface area contributed by atoms with Crippen molar-refractivity contribution < 1.29 is 23.9 Å². The average molecular weight is 398 g/mol. The van der Waals surface area contributed by atoms with E-state index in [0.29, 0.717) is 38.1 Å². The molecular formula is C17H20BrNO5. The number of piperidine rings is 1. The number of amides is 1. The zero-order chi connectivity index (χ0) is 17.5. The fraction of sp³-hybridized carbons (Fsp3) is 0.471. The van der Waals surface area contributed by atoms with E-state index in [4.69, 9.17) is 9.47 Å². The van der Waals surface area contributed by atoms with Gasteiger partial charge in [-0.15, -0.1) is 0 Å². The Labute approximate surface area is 149 Å². The summed E-state index contributed by atoms with van der Waals surface area (Å²) in [6.07, 6.45) is 1.15. The molecule has 0 unspecified atom stereocenters. The van der Waals surface area contributed by atoms with E-state index in [0.717, 1.165) is 4.47 Å². The van der Waals surface area contributed by atoms with Gasteiger partial charge in [-0.3, -0.25) is 9.59 Å². The zero-order valence-electron chi connectivity index (χ0n) is 13.5. The number of ether oxygens (including phenoxy) is 2. The smallest absolute Gasteiger partial charge is 0.338 e. The fourth-order valence-corrected chi connectivity index (χ4v) is 2.78. The third kappa shape index (κ3) is 5.06. The lowest BCUT2D eigenvalue weighted by molar-refractivity contribution is -0.151. The molecular weight excluding hydrogens is 378 g/mol. The van der Waals surface area contributed by atoms with E-state index in [1.807, 2.05) is 0 Å². The Morgan fingerprint density at radius 3 is 2.33 bits per heavy atom. The van der Waals surface area contributed by atoms with Crippen LogP contribution in [0, 0.1) is 5.92 Å². The summed E-state index contributed by atoms with van der Waals surface area (Å²) >= 11 is 3.29. The van der Waals surface area contributed by atoms with Gasteiger partial charge in [0.1, 0.15) is 0 Å². The van der Waals surface area contributed by atoms with Gasteiger partial charge in [0.15, 0.2) is 6.61 Å². The monoisotopic (exact) mass is 397 g/mol. The van der Waals surface area contributed by atoms with Crippen LogP contribution in [0.2, 0.25) is 0 Å². The molecule has 1 aliphatic heterocycles. The quantitative estimate of drug-likeness (QED) is 0.713. The van der Waals surface area contributed by atoms with Crippen molar-refractivity contribution in [3.05, 3.63) is 34.3 Å². The van der Waals surface area contributed by atoms with E-state index in [1.54, 1.807) is 36.1 Å². The number of hydrogen-bond acceptors (Lipinski definition) is 5. The first-order valence-electron chi connectivity index (χ1n) is 7.88. The first kappa shape index (κ1) is 18.4. The van der Waals surface area contributed by atoms with E-state index in [1.165, 1.54) is 0 Å². The molecule has 1 heterocycles. The van der Waals surface area contributed by atoms with Gasteiger partial charge in [-0.1, -0.05) is 15.9 Å². The molecule has 130 valence electrons. The molecule has 0 spiro atoms. The SMILES string of the molecule is CCOC(=O)C1CCN(C(=O)COC(=O)c2ccc(Br)cc2)CC1. The van der Waals surface area contributed by atoms with Crippen molar-refractivity contribution in [1.29, 1.82) is 0 Å². The Balaban J connectivity index is 1.76. The van der Waals surface area contributed by atoms with Gasteiger partial charge in [-0.05, 0) is 44.0 Å². The molecule has 0 saturated carbocycles. The number of carbonyl (C=O) groups is 3. The molecule has 6 nitrogen and oxygen atoms in total. The summed E-state index contributed by atoms with van der Waals surface area (Å²) in [5.74, 6) is -1.13. The highest BCUT2D eigenvalue weighted by Crippen LogP contribution is 2.19. The van der Waals surface area contributed by atoms with Crippen LogP contribution in [0.25, 0.3) is 0 Å². The van der Waals surface area contributed by atoms with Crippen molar-refractivity contribution in [2.24, 2.45) is 5.92 Å². The van der Waals surface area contributed by atoms with Gasteiger partial charge < -0.3 is 14.4 Å². The largest absolute Gasteiger partial charge is 0.466 e. The van der Waals surface area contributed by atoms with Crippen LogP contribution in [0.3, 0.4) is 0 Å². The normalized spacial score (nSPS) is 15.0. The molecule has 0 N–H and O–H groups in total. The third-order valence-corrected chi connectivity index (χ3v) is 4.40. The molecule has 1 aromatic carbocycles.